The van der Waals surface area contributed by atoms with E-state index in [0.717, 1.165) is 21.5 Å². The summed E-state index contributed by atoms with van der Waals surface area (Å²) in [6, 6.07) is 12.4. The fourth-order valence-electron chi connectivity index (χ4n) is 2.85. The molecule has 2 N–H and O–H groups in total. The molecule has 0 bridgehead atoms. The van der Waals surface area contributed by atoms with Gasteiger partial charge in [0, 0.05) is 10.5 Å². The molecule has 0 heterocycles. The monoisotopic (exact) mass is 345 g/mol. The minimum atomic E-state index is 0.0113. The highest BCUT2D eigenvalue weighted by molar-refractivity contribution is 9.10. The molecule has 0 amide bonds. The normalized spacial score (nSPS) is 15.4. The Labute approximate surface area is 134 Å². The maximum absolute atomic E-state index is 5.99. The molecule has 3 rings (SSSR count). The number of hydrogen-bond donors (Lipinski definition) is 1. The Bertz CT molecular complexity index is 652. The van der Waals surface area contributed by atoms with E-state index >= 15 is 0 Å². The number of benzene rings is 2. The number of halogens is 1. The quantitative estimate of drug-likeness (QED) is 0.835. The van der Waals surface area contributed by atoms with E-state index in [9.17, 15) is 0 Å². The largest absolute Gasteiger partial charge is 0.457 e. The van der Waals surface area contributed by atoms with Crippen molar-refractivity contribution in [3.63, 3.8) is 0 Å². The van der Waals surface area contributed by atoms with Gasteiger partial charge in [0.15, 0.2) is 0 Å². The van der Waals surface area contributed by atoms with E-state index in [1.165, 1.54) is 36.8 Å². The third-order valence-corrected chi connectivity index (χ3v) is 4.70. The predicted molar refractivity (Wildman–Crippen MR) is 89.9 cm³/mol. The van der Waals surface area contributed by atoms with Crippen LogP contribution in [0.5, 0.6) is 11.5 Å². The van der Waals surface area contributed by atoms with Gasteiger partial charge in [-0.1, -0.05) is 28.1 Å². The first kappa shape index (κ1) is 14.6. The molecule has 110 valence electrons. The molecule has 21 heavy (non-hydrogen) atoms. The van der Waals surface area contributed by atoms with Crippen LogP contribution in [0.2, 0.25) is 0 Å². The van der Waals surface area contributed by atoms with Gasteiger partial charge >= 0.3 is 0 Å². The molecule has 2 aromatic rings. The van der Waals surface area contributed by atoms with Crippen LogP contribution in [-0.2, 0) is 12.8 Å². The van der Waals surface area contributed by atoms with Crippen molar-refractivity contribution in [2.45, 2.75) is 38.6 Å². The van der Waals surface area contributed by atoms with E-state index in [1.807, 2.05) is 25.1 Å². The lowest BCUT2D eigenvalue weighted by molar-refractivity contribution is 0.480. The van der Waals surface area contributed by atoms with Crippen molar-refractivity contribution in [2.24, 2.45) is 5.73 Å². The average Bonchev–Trinajstić information content (AvgIpc) is 2.47. The first-order valence-electron chi connectivity index (χ1n) is 7.48. The molecular formula is C18H20BrNO. The summed E-state index contributed by atoms with van der Waals surface area (Å²) >= 11 is 3.56. The van der Waals surface area contributed by atoms with Crippen LogP contribution >= 0.6 is 15.9 Å². The lowest BCUT2D eigenvalue weighted by Crippen LogP contribution is -2.05. The third-order valence-electron chi connectivity index (χ3n) is 4.02. The van der Waals surface area contributed by atoms with E-state index in [1.54, 1.807) is 0 Å². The Hall–Kier alpha value is -1.32. The predicted octanol–water partition coefficient (Wildman–Crippen LogP) is 5.14. The zero-order valence-electron chi connectivity index (χ0n) is 12.2. The van der Waals surface area contributed by atoms with Crippen molar-refractivity contribution in [3.8, 4) is 11.5 Å². The number of aryl methyl sites for hydroxylation is 2. The lowest BCUT2D eigenvalue weighted by Gasteiger charge is -2.17. The van der Waals surface area contributed by atoms with E-state index in [4.69, 9.17) is 10.5 Å². The fourth-order valence-corrected chi connectivity index (χ4v) is 3.57. The molecule has 0 saturated carbocycles. The van der Waals surface area contributed by atoms with Crippen LogP contribution in [0.15, 0.2) is 40.9 Å². The first-order valence-corrected chi connectivity index (χ1v) is 8.27. The molecule has 2 aromatic carbocycles. The summed E-state index contributed by atoms with van der Waals surface area (Å²) in [7, 11) is 0. The van der Waals surface area contributed by atoms with Crippen molar-refractivity contribution >= 4 is 15.9 Å². The van der Waals surface area contributed by atoms with Gasteiger partial charge in [0.1, 0.15) is 11.5 Å². The van der Waals surface area contributed by atoms with Crippen molar-refractivity contribution in [3.05, 3.63) is 57.6 Å². The molecule has 0 aliphatic heterocycles. The highest BCUT2D eigenvalue weighted by Gasteiger charge is 2.11. The smallest absolute Gasteiger partial charge is 0.128 e. The molecule has 2 nitrogen and oxygen atoms in total. The van der Waals surface area contributed by atoms with Gasteiger partial charge in [0.2, 0.25) is 0 Å². The summed E-state index contributed by atoms with van der Waals surface area (Å²) in [5.74, 6) is 1.75. The third kappa shape index (κ3) is 3.30. The summed E-state index contributed by atoms with van der Waals surface area (Å²) in [6.07, 6.45) is 4.95. The Balaban J connectivity index is 1.82. The zero-order chi connectivity index (χ0) is 14.8. The van der Waals surface area contributed by atoms with E-state index < -0.39 is 0 Å². The standard InChI is InChI=1S/C18H20BrNO/c1-12(20)17-9-8-16(11-18(17)19)21-15-7-6-13-4-2-3-5-14(13)10-15/h6-12H,2-5,20H2,1H3. The minimum absolute atomic E-state index is 0.0113. The van der Waals surface area contributed by atoms with Gasteiger partial charge in [-0.2, -0.15) is 0 Å². The Kier molecular flexibility index (Phi) is 4.32. The highest BCUT2D eigenvalue weighted by Crippen LogP contribution is 2.31. The molecule has 1 unspecified atom stereocenters. The van der Waals surface area contributed by atoms with Crippen molar-refractivity contribution < 1.29 is 4.74 Å². The molecule has 1 aliphatic carbocycles. The van der Waals surface area contributed by atoms with Crippen LogP contribution in [0, 0.1) is 0 Å². The van der Waals surface area contributed by atoms with Gasteiger partial charge in [-0.15, -0.1) is 0 Å². The molecule has 0 aromatic heterocycles. The van der Waals surface area contributed by atoms with Crippen molar-refractivity contribution in [1.29, 1.82) is 0 Å². The maximum atomic E-state index is 5.99. The van der Waals surface area contributed by atoms with E-state index in [0.29, 0.717) is 0 Å². The van der Waals surface area contributed by atoms with Gasteiger partial charge < -0.3 is 10.5 Å². The van der Waals surface area contributed by atoms with Gasteiger partial charge in [0.05, 0.1) is 0 Å². The second kappa shape index (κ2) is 6.20. The van der Waals surface area contributed by atoms with Crippen molar-refractivity contribution in [2.75, 3.05) is 0 Å². The summed E-state index contributed by atoms with van der Waals surface area (Å²) in [5, 5.41) is 0. The van der Waals surface area contributed by atoms with Crippen molar-refractivity contribution in [1.82, 2.24) is 0 Å². The molecule has 3 heteroatoms. The van der Waals surface area contributed by atoms with Crippen LogP contribution in [-0.4, -0.2) is 0 Å². The van der Waals surface area contributed by atoms with Crippen LogP contribution in [0.3, 0.4) is 0 Å². The Morgan fingerprint density at radius 1 is 1.00 bits per heavy atom. The summed E-state index contributed by atoms with van der Waals surface area (Å²) in [4.78, 5) is 0. The zero-order valence-corrected chi connectivity index (χ0v) is 13.8. The number of hydrogen-bond acceptors (Lipinski definition) is 2. The van der Waals surface area contributed by atoms with Crippen LogP contribution < -0.4 is 10.5 Å². The van der Waals surface area contributed by atoms with Gasteiger partial charge in [-0.05, 0) is 73.6 Å². The second-order valence-corrected chi connectivity index (χ2v) is 6.57. The summed E-state index contributed by atoms with van der Waals surface area (Å²) in [6.45, 7) is 1.98. The first-order chi connectivity index (χ1) is 10.1. The number of rotatable bonds is 3. The lowest BCUT2D eigenvalue weighted by atomic mass is 9.92. The number of ether oxygens (including phenoxy) is 1. The Morgan fingerprint density at radius 2 is 1.67 bits per heavy atom. The number of nitrogens with two attached hydrogens (primary N) is 1. The van der Waals surface area contributed by atoms with E-state index in [-0.39, 0.29) is 6.04 Å². The number of fused-ring (bicyclic) bond motifs is 1. The Morgan fingerprint density at radius 3 is 2.38 bits per heavy atom. The fraction of sp³-hybridized carbons (Fsp3) is 0.333. The van der Waals surface area contributed by atoms with E-state index in [2.05, 4.69) is 34.1 Å². The topological polar surface area (TPSA) is 35.2 Å². The molecule has 0 radical (unpaired) electrons. The molecular weight excluding hydrogens is 326 g/mol. The highest BCUT2D eigenvalue weighted by atomic mass is 79.9. The molecule has 0 spiro atoms. The minimum Gasteiger partial charge on any atom is -0.457 e. The maximum Gasteiger partial charge on any atom is 0.128 e. The van der Waals surface area contributed by atoms with Crippen LogP contribution in [0.1, 0.15) is 42.5 Å². The van der Waals surface area contributed by atoms with Gasteiger partial charge in [-0.25, -0.2) is 0 Å². The summed E-state index contributed by atoms with van der Waals surface area (Å²) < 4.78 is 6.98. The van der Waals surface area contributed by atoms with Gasteiger partial charge in [0.25, 0.3) is 0 Å². The van der Waals surface area contributed by atoms with Crippen LogP contribution in [0.4, 0.5) is 0 Å². The van der Waals surface area contributed by atoms with Crippen LogP contribution in [0.25, 0.3) is 0 Å². The SMILES string of the molecule is CC(N)c1ccc(Oc2ccc3c(c2)CCCC3)cc1Br. The molecule has 0 fully saturated rings. The molecule has 0 saturated heterocycles. The summed E-state index contributed by atoms with van der Waals surface area (Å²) in [5.41, 5.74) is 9.92. The average molecular weight is 346 g/mol. The van der Waals surface area contributed by atoms with Gasteiger partial charge in [-0.3, -0.25) is 0 Å². The molecule has 1 aliphatic rings. The molecule has 1 atom stereocenters. The second-order valence-electron chi connectivity index (χ2n) is 5.71.